The number of alkyl halides is 7. The van der Waals surface area contributed by atoms with Crippen LogP contribution in [0.4, 0.5) is 46.5 Å². The van der Waals surface area contributed by atoms with Crippen LogP contribution in [0.5, 0.6) is 0 Å². The molecule has 1 aliphatic rings. The molecule has 0 bridgehead atoms. The van der Waals surface area contributed by atoms with E-state index in [-0.39, 0.29) is 24.4 Å². The number of anilines is 2. The fourth-order valence-electron chi connectivity index (χ4n) is 3.86. The highest BCUT2D eigenvalue weighted by atomic mass is 35.5. The van der Waals surface area contributed by atoms with Crippen LogP contribution in [-0.2, 0) is 12.2 Å². The minimum atomic E-state index is -6.35. The predicted octanol–water partition coefficient (Wildman–Crippen LogP) is 7.18. The maximum absolute atomic E-state index is 15.3. The van der Waals surface area contributed by atoms with Crippen LogP contribution in [-0.4, -0.2) is 24.2 Å². The van der Waals surface area contributed by atoms with E-state index in [1.165, 1.54) is 12.1 Å². The zero-order chi connectivity index (χ0) is 27.3. The number of halogens is 9. The Bertz CT molecular complexity index is 1390. The summed E-state index contributed by atoms with van der Waals surface area (Å²) in [4.78, 5) is 26.5. The van der Waals surface area contributed by atoms with Crippen molar-refractivity contribution in [1.82, 2.24) is 0 Å². The Hall–Kier alpha value is -3.67. The Morgan fingerprint density at radius 3 is 2.14 bits per heavy atom. The first-order chi connectivity index (χ1) is 17.2. The van der Waals surface area contributed by atoms with Crippen LogP contribution in [0.3, 0.4) is 0 Å². The topological polar surface area (TPSA) is 49.4 Å². The van der Waals surface area contributed by atoms with Crippen molar-refractivity contribution in [2.45, 2.75) is 24.6 Å². The largest absolute Gasteiger partial charge is 0.435 e. The highest BCUT2D eigenvalue weighted by molar-refractivity contribution is 6.34. The summed E-state index contributed by atoms with van der Waals surface area (Å²) in [6.07, 6.45) is -12.7. The smallest absolute Gasteiger partial charge is 0.321 e. The Morgan fingerprint density at radius 1 is 0.892 bits per heavy atom. The molecule has 3 aromatic carbocycles. The quantitative estimate of drug-likeness (QED) is 0.351. The summed E-state index contributed by atoms with van der Waals surface area (Å²) >= 11 is 5.75. The molecule has 1 N–H and O–H groups in total. The lowest BCUT2D eigenvalue weighted by Gasteiger charge is -2.30. The molecule has 0 saturated heterocycles. The van der Waals surface area contributed by atoms with Gasteiger partial charge in [-0.2, -0.15) is 26.3 Å². The van der Waals surface area contributed by atoms with Crippen LogP contribution in [0, 0.1) is 5.82 Å². The molecular weight excluding hydrogens is 536 g/mol. The van der Waals surface area contributed by atoms with Gasteiger partial charge in [0.25, 0.3) is 11.8 Å². The van der Waals surface area contributed by atoms with Gasteiger partial charge in [0.1, 0.15) is 0 Å². The number of nitrogens with one attached hydrogen (secondary N) is 1. The maximum Gasteiger partial charge on any atom is 0.435 e. The van der Waals surface area contributed by atoms with Crippen molar-refractivity contribution in [3.63, 3.8) is 0 Å². The number of amides is 2. The van der Waals surface area contributed by atoms with E-state index in [0.717, 1.165) is 11.0 Å². The molecule has 4 rings (SSSR count). The van der Waals surface area contributed by atoms with Crippen molar-refractivity contribution >= 4 is 34.8 Å². The third kappa shape index (κ3) is 4.39. The first-order valence-corrected chi connectivity index (χ1v) is 10.7. The second-order valence-electron chi connectivity index (χ2n) is 7.99. The average Bonchev–Trinajstić information content (AvgIpc) is 3.14. The summed E-state index contributed by atoms with van der Waals surface area (Å²) in [6, 6.07) is 10.9. The second kappa shape index (κ2) is 9.02. The van der Waals surface area contributed by atoms with Gasteiger partial charge in [-0.1, -0.05) is 41.9 Å². The van der Waals surface area contributed by atoms with E-state index in [0.29, 0.717) is 17.2 Å². The molecular formula is C24H13ClF8N2O2. The van der Waals surface area contributed by atoms with Gasteiger partial charge in [0.05, 0.1) is 28.5 Å². The molecule has 0 atom stereocenters. The Morgan fingerprint density at radius 2 is 1.54 bits per heavy atom. The first-order valence-electron chi connectivity index (χ1n) is 10.3. The van der Waals surface area contributed by atoms with Crippen LogP contribution in [0.15, 0.2) is 60.7 Å². The third-order valence-electron chi connectivity index (χ3n) is 5.73. The molecule has 1 heterocycles. The lowest BCUT2D eigenvalue weighted by Crippen LogP contribution is -2.50. The predicted molar refractivity (Wildman–Crippen MR) is 118 cm³/mol. The third-order valence-corrected chi connectivity index (χ3v) is 6.04. The fourth-order valence-corrected chi connectivity index (χ4v) is 4.09. The van der Waals surface area contributed by atoms with E-state index in [4.69, 9.17) is 11.6 Å². The monoisotopic (exact) mass is 548 g/mol. The highest BCUT2D eigenvalue weighted by Crippen LogP contribution is 2.53. The van der Waals surface area contributed by atoms with Gasteiger partial charge < -0.3 is 10.2 Å². The van der Waals surface area contributed by atoms with E-state index in [1.54, 1.807) is 24.3 Å². The summed E-state index contributed by atoms with van der Waals surface area (Å²) in [5.74, 6) is -2.78. The number of rotatable bonds is 4. The summed E-state index contributed by atoms with van der Waals surface area (Å²) < 4.78 is 108. The van der Waals surface area contributed by atoms with Gasteiger partial charge in [-0.15, -0.1) is 0 Å². The van der Waals surface area contributed by atoms with Crippen LogP contribution in [0.1, 0.15) is 31.8 Å². The van der Waals surface area contributed by atoms with Gasteiger partial charge in [0, 0.05) is 11.1 Å². The molecule has 37 heavy (non-hydrogen) atoms. The minimum Gasteiger partial charge on any atom is -0.321 e. The zero-order valence-electron chi connectivity index (χ0n) is 18.1. The lowest BCUT2D eigenvalue weighted by molar-refractivity contribution is -0.348. The molecule has 0 saturated carbocycles. The average molecular weight is 549 g/mol. The van der Waals surface area contributed by atoms with Crippen LogP contribution >= 0.6 is 11.6 Å². The Balaban J connectivity index is 1.62. The molecule has 4 nitrogen and oxygen atoms in total. The number of carbonyl (C=O) groups is 2. The summed E-state index contributed by atoms with van der Waals surface area (Å²) in [6.45, 7) is 0.0354. The number of hydrogen-bond acceptors (Lipinski definition) is 2. The van der Waals surface area contributed by atoms with Crippen LogP contribution in [0.25, 0.3) is 0 Å². The summed E-state index contributed by atoms with van der Waals surface area (Å²) in [5.41, 5.74) is -7.90. The summed E-state index contributed by atoms with van der Waals surface area (Å²) in [7, 11) is 0. The number of carbonyl (C=O) groups excluding carboxylic acids is 2. The molecule has 0 radical (unpaired) electrons. The normalized spacial score (nSPS) is 14.1. The van der Waals surface area contributed by atoms with Crippen molar-refractivity contribution < 1.29 is 44.7 Å². The van der Waals surface area contributed by atoms with Gasteiger partial charge in [-0.25, -0.2) is 8.78 Å². The second-order valence-corrected chi connectivity index (χ2v) is 8.40. The fraction of sp³-hybridized carbons (Fsp3) is 0.167. The molecule has 0 aliphatic carbocycles. The molecule has 1 aliphatic heterocycles. The van der Waals surface area contributed by atoms with Crippen molar-refractivity contribution in [3.8, 4) is 0 Å². The number of benzene rings is 3. The Labute approximate surface area is 208 Å². The minimum absolute atomic E-state index is 0.0354. The number of nitrogens with zero attached hydrogens (tertiary/aromatic N) is 1. The SMILES string of the molecule is O=C(Nc1ccc(C(F)(C(F)(F)F)C(F)(F)F)cc1Cl)c1cccc(N2Cc3ccccc3C2=O)c1F. The standard InChI is InChI=1S/C24H13ClF8N2O2/c25-16-10-13(22(27,23(28,29)30)24(31,32)33)8-9-17(16)34-20(36)15-6-3-7-18(19(15)26)35-11-12-4-1-2-5-14(12)21(35)37/h1-10H,11H2,(H,34,36). The zero-order valence-corrected chi connectivity index (χ0v) is 18.9. The maximum atomic E-state index is 15.3. The Kier molecular flexibility index (Phi) is 6.43. The molecule has 13 heteroatoms. The van der Waals surface area contributed by atoms with E-state index in [9.17, 15) is 40.3 Å². The van der Waals surface area contributed by atoms with Crippen LogP contribution in [0.2, 0.25) is 5.02 Å². The van der Waals surface area contributed by atoms with Gasteiger partial charge in [0.15, 0.2) is 5.82 Å². The van der Waals surface area contributed by atoms with Gasteiger partial charge in [0.2, 0.25) is 0 Å². The summed E-state index contributed by atoms with van der Waals surface area (Å²) in [5, 5.41) is 1.21. The number of fused-ring (bicyclic) bond motifs is 1. The van der Waals surface area contributed by atoms with Gasteiger partial charge in [-0.3, -0.25) is 9.59 Å². The van der Waals surface area contributed by atoms with Crippen molar-refractivity contribution in [2.24, 2.45) is 0 Å². The number of hydrogen-bond donors (Lipinski definition) is 1. The van der Waals surface area contributed by atoms with Gasteiger partial charge >= 0.3 is 18.0 Å². The van der Waals surface area contributed by atoms with Crippen molar-refractivity contribution in [3.05, 3.63) is 93.8 Å². The molecule has 3 aromatic rings. The molecule has 0 aromatic heterocycles. The highest BCUT2D eigenvalue weighted by Gasteiger charge is 2.73. The van der Waals surface area contributed by atoms with E-state index in [1.807, 2.05) is 0 Å². The van der Waals surface area contributed by atoms with Crippen molar-refractivity contribution in [1.29, 1.82) is 0 Å². The molecule has 0 fully saturated rings. The lowest BCUT2D eigenvalue weighted by atomic mass is 9.94. The van der Waals surface area contributed by atoms with E-state index in [2.05, 4.69) is 5.32 Å². The molecule has 0 unspecified atom stereocenters. The van der Waals surface area contributed by atoms with Gasteiger partial charge in [-0.05, 0) is 35.9 Å². The molecule has 194 valence electrons. The first kappa shape index (κ1) is 26.4. The van der Waals surface area contributed by atoms with E-state index < -0.39 is 57.5 Å². The van der Waals surface area contributed by atoms with E-state index >= 15 is 4.39 Å². The van der Waals surface area contributed by atoms with Crippen LogP contribution < -0.4 is 10.2 Å². The van der Waals surface area contributed by atoms with Crippen molar-refractivity contribution in [2.75, 3.05) is 10.2 Å². The molecule has 2 amide bonds. The molecule has 0 spiro atoms.